The van der Waals surface area contributed by atoms with Gasteiger partial charge in [0.05, 0.1) is 0 Å². The molecular formula is C10H13Cl2N. The van der Waals surface area contributed by atoms with Gasteiger partial charge in [0.2, 0.25) is 0 Å². The summed E-state index contributed by atoms with van der Waals surface area (Å²) in [6.45, 7) is 0.744. The van der Waals surface area contributed by atoms with Gasteiger partial charge in [-0.15, -0.1) is 0 Å². The van der Waals surface area contributed by atoms with Crippen molar-refractivity contribution in [3.8, 4) is 0 Å². The van der Waals surface area contributed by atoms with E-state index >= 15 is 0 Å². The minimum absolute atomic E-state index is 0.704. The van der Waals surface area contributed by atoms with E-state index < -0.39 is 0 Å². The Morgan fingerprint density at radius 1 is 1.00 bits per heavy atom. The number of nitrogens with two attached hydrogens (primary N) is 1. The van der Waals surface area contributed by atoms with Crippen molar-refractivity contribution in [2.75, 3.05) is 6.54 Å². The summed E-state index contributed by atoms with van der Waals surface area (Å²) < 4.78 is 0. The summed E-state index contributed by atoms with van der Waals surface area (Å²) >= 11 is 11.7. The predicted octanol–water partition coefficient (Wildman–Crippen LogP) is 3.27. The Balaban J connectivity index is 2.56. The second kappa shape index (κ2) is 5.48. The quantitative estimate of drug-likeness (QED) is 0.771. The average molecular weight is 218 g/mol. The zero-order valence-electron chi connectivity index (χ0n) is 7.39. The summed E-state index contributed by atoms with van der Waals surface area (Å²) in [6.07, 6.45) is 3.13. The highest BCUT2D eigenvalue weighted by molar-refractivity contribution is 6.34. The second-order valence-electron chi connectivity index (χ2n) is 3.02. The molecule has 0 spiro atoms. The van der Waals surface area contributed by atoms with Gasteiger partial charge in [-0.2, -0.15) is 0 Å². The van der Waals surface area contributed by atoms with Gasteiger partial charge in [0.25, 0.3) is 0 Å². The molecule has 1 nitrogen and oxygen atoms in total. The highest BCUT2D eigenvalue weighted by Gasteiger charge is 1.97. The molecule has 1 aromatic rings. The van der Waals surface area contributed by atoms with Crippen LogP contribution in [-0.2, 0) is 6.42 Å². The third-order valence-corrected chi connectivity index (χ3v) is 2.28. The molecular weight excluding hydrogens is 205 g/mol. The van der Waals surface area contributed by atoms with E-state index in [1.165, 1.54) is 5.56 Å². The van der Waals surface area contributed by atoms with E-state index in [1.807, 2.05) is 12.1 Å². The lowest BCUT2D eigenvalue weighted by molar-refractivity contribution is 0.745. The topological polar surface area (TPSA) is 26.0 Å². The van der Waals surface area contributed by atoms with E-state index in [2.05, 4.69) is 0 Å². The lowest BCUT2D eigenvalue weighted by Gasteiger charge is -2.02. The molecule has 13 heavy (non-hydrogen) atoms. The molecule has 3 heteroatoms. The Labute approximate surface area is 88.8 Å². The van der Waals surface area contributed by atoms with E-state index in [0.29, 0.717) is 10.0 Å². The van der Waals surface area contributed by atoms with Crippen LogP contribution in [0.1, 0.15) is 18.4 Å². The maximum absolute atomic E-state index is 5.85. The number of hydrogen-bond donors (Lipinski definition) is 1. The van der Waals surface area contributed by atoms with Gasteiger partial charge >= 0.3 is 0 Å². The second-order valence-corrected chi connectivity index (χ2v) is 3.90. The summed E-state index contributed by atoms with van der Waals surface area (Å²) in [6, 6.07) is 5.64. The maximum atomic E-state index is 5.85. The Morgan fingerprint density at radius 2 is 1.62 bits per heavy atom. The normalized spacial score (nSPS) is 10.4. The van der Waals surface area contributed by atoms with Crippen LogP contribution >= 0.6 is 23.2 Å². The highest BCUT2D eigenvalue weighted by Crippen LogP contribution is 2.20. The number of aryl methyl sites for hydroxylation is 1. The summed E-state index contributed by atoms with van der Waals surface area (Å²) in [5.74, 6) is 0. The largest absolute Gasteiger partial charge is 0.330 e. The van der Waals surface area contributed by atoms with Crippen LogP contribution in [0.15, 0.2) is 18.2 Å². The number of benzene rings is 1. The fourth-order valence-electron chi connectivity index (χ4n) is 1.23. The third kappa shape index (κ3) is 3.99. The third-order valence-electron chi connectivity index (χ3n) is 1.84. The van der Waals surface area contributed by atoms with Crippen LogP contribution in [0.4, 0.5) is 0 Å². The molecule has 72 valence electrons. The molecule has 0 fully saturated rings. The van der Waals surface area contributed by atoms with Crippen LogP contribution < -0.4 is 5.73 Å². The fraction of sp³-hybridized carbons (Fsp3) is 0.400. The van der Waals surface area contributed by atoms with Gasteiger partial charge in [0.15, 0.2) is 0 Å². The molecule has 0 atom stereocenters. The minimum Gasteiger partial charge on any atom is -0.330 e. The van der Waals surface area contributed by atoms with Crippen molar-refractivity contribution < 1.29 is 0 Å². The Hall–Kier alpha value is -0.240. The Morgan fingerprint density at radius 3 is 2.15 bits per heavy atom. The van der Waals surface area contributed by atoms with Crippen LogP contribution in [0.3, 0.4) is 0 Å². The standard InChI is InChI=1S/C10H13Cl2N/c11-9-5-8(3-1-2-4-13)6-10(12)7-9/h5-7H,1-4,13H2. The van der Waals surface area contributed by atoms with Gasteiger partial charge in [-0.25, -0.2) is 0 Å². The van der Waals surface area contributed by atoms with Crippen LogP contribution in [0, 0.1) is 0 Å². The first kappa shape index (κ1) is 10.8. The maximum Gasteiger partial charge on any atom is 0.0423 e. The van der Waals surface area contributed by atoms with Crippen molar-refractivity contribution >= 4 is 23.2 Å². The predicted molar refractivity (Wildman–Crippen MR) is 58.5 cm³/mol. The van der Waals surface area contributed by atoms with Crippen molar-refractivity contribution in [2.45, 2.75) is 19.3 Å². The van der Waals surface area contributed by atoms with Gasteiger partial charge < -0.3 is 5.73 Å². The zero-order chi connectivity index (χ0) is 9.68. The minimum atomic E-state index is 0.704. The summed E-state index contributed by atoms with van der Waals surface area (Å²) in [5, 5.41) is 1.41. The molecule has 0 saturated carbocycles. The van der Waals surface area contributed by atoms with E-state index in [1.54, 1.807) is 6.07 Å². The molecule has 0 bridgehead atoms. The monoisotopic (exact) mass is 217 g/mol. The number of rotatable bonds is 4. The van der Waals surface area contributed by atoms with E-state index in [-0.39, 0.29) is 0 Å². The van der Waals surface area contributed by atoms with Gasteiger partial charge in [0, 0.05) is 10.0 Å². The van der Waals surface area contributed by atoms with Gasteiger partial charge in [-0.1, -0.05) is 23.2 Å². The lowest BCUT2D eigenvalue weighted by atomic mass is 10.1. The van der Waals surface area contributed by atoms with Crippen LogP contribution in [0.5, 0.6) is 0 Å². The number of hydrogen-bond acceptors (Lipinski definition) is 1. The van der Waals surface area contributed by atoms with Crippen molar-refractivity contribution in [2.24, 2.45) is 5.73 Å². The van der Waals surface area contributed by atoms with Gasteiger partial charge in [0.1, 0.15) is 0 Å². The van der Waals surface area contributed by atoms with Crippen molar-refractivity contribution in [1.29, 1.82) is 0 Å². The van der Waals surface area contributed by atoms with Crippen LogP contribution in [0.2, 0.25) is 10.0 Å². The molecule has 0 saturated heterocycles. The van der Waals surface area contributed by atoms with Crippen molar-refractivity contribution in [3.05, 3.63) is 33.8 Å². The Kier molecular flexibility index (Phi) is 4.57. The molecule has 0 heterocycles. The molecule has 2 N–H and O–H groups in total. The number of unbranched alkanes of at least 4 members (excludes halogenated alkanes) is 1. The Bertz CT molecular complexity index is 253. The van der Waals surface area contributed by atoms with E-state index in [9.17, 15) is 0 Å². The SMILES string of the molecule is NCCCCc1cc(Cl)cc(Cl)c1. The van der Waals surface area contributed by atoms with E-state index in [0.717, 1.165) is 25.8 Å². The summed E-state index contributed by atoms with van der Waals surface area (Å²) in [5.41, 5.74) is 6.59. The van der Waals surface area contributed by atoms with Crippen LogP contribution in [-0.4, -0.2) is 6.54 Å². The van der Waals surface area contributed by atoms with Gasteiger partial charge in [-0.3, -0.25) is 0 Å². The van der Waals surface area contributed by atoms with Crippen molar-refractivity contribution in [1.82, 2.24) is 0 Å². The van der Waals surface area contributed by atoms with Gasteiger partial charge in [-0.05, 0) is 49.6 Å². The molecule has 0 radical (unpaired) electrons. The molecule has 1 aromatic carbocycles. The number of halogens is 2. The average Bonchev–Trinajstić information content (AvgIpc) is 2.03. The molecule has 1 rings (SSSR count). The summed E-state index contributed by atoms with van der Waals surface area (Å²) in [7, 11) is 0. The highest BCUT2D eigenvalue weighted by atomic mass is 35.5. The first-order valence-electron chi connectivity index (χ1n) is 4.37. The smallest absolute Gasteiger partial charge is 0.0423 e. The van der Waals surface area contributed by atoms with Crippen molar-refractivity contribution in [3.63, 3.8) is 0 Å². The molecule has 0 unspecified atom stereocenters. The van der Waals surface area contributed by atoms with Crippen LogP contribution in [0.25, 0.3) is 0 Å². The summed E-state index contributed by atoms with van der Waals surface area (Å²) in [4.78, 5) is 0. The molecule has 0 aliphatic heterocycles. The first-order chi connectivity index (χ1) is 6.22. The lowest BCUT2D eigenvalue weighted by Crippen LogP contribution is -1.98. The molecule has 0 aromatic heterocycles. The molecule has 0 aliphatic carbocycles. The van der Waals surface area contributed by atoms with E-state index in [4.69, 9.17) is 28.9 Å². The first-order valence-corrected chi connectivity index (χ1v) is 5.13. The molecule has 0 aliphatic rings. The fourth-order valence-corrected chi connectivity index (χ4v) is 1.80. The zero-order valence-corrected chi connectivity index (χ0v) is 8.91. The molecule has 0 amide bonds.